The summed E-state index contributed by atoms with van der Waals surface area (Å²) in [6.07, 6.45) is 0.937. The van der Waals surface area contributed by atoms with E-state index in [2.05, 4.69) is 20.8 Å². The van der Waals surface area contributed by atoms with Gasteiger partial charge in [0.05, 0.1) is 7.11 Å². The zero-order valence-electron chi connectivity index (χ0n) is 13.1. The molecule has 1 unspecified atom stereocenters. The largest absolute Gasteiger partial charge is 0.465 e. The second-order valence-electron chi connectivity index (χ2n) is 5.42. The zero-order valence-corrected chi connectivity index (χ0v) is 14.7. The number of fused-ring (bicyclic) bond motifs is 1. The minimum absolute atomic E-state index is 0.0650. The first-order chi connectivity index (χ1) is 11.5. The van der Waals surface area contributed by atoms with Crippen molar-refractivity contribution in [3.05, 3.63) is 52.4 Å². The van der Waals surface area contributed by atoms with Crippen molar-refractivity contribution in [1.82, 2.24) is 10.0 Å². The van der Waals surface area contributed by atoms with Crippen molar-refractivity contribution >= 4 is 27.3 Å². The molecular weight excluding hydrogens is 348 g/mol. The summed E-state index contributed by atoms with van der Waals surface area (Å²) >= 11 is 0.899. The van der Waals surface area contributed by atoms with Crippen LogP contribution in [0.4, 0.5) is 0 Å². The molecule has 0 saturated carbocycles. The van der Waals surface area contributed by atoms with Crippen LogP contribution >= 0.6 is 11.3 Å². The fourth-order valence-corrected chi connectivity index (χ4v) is 5.03. The van der Waals surface area contributed by atoms with Gasteiger partial charge in [-0.2, -0.15) is 0 Å². The standard InChI is InChI=1S/C16H18N2O4S2/c1-22-16(19)14-6-7-15(23-14)24(20,21)18-10-13-12-5-3-2-4-11(12)8-9-17-13/h2-7,13,17-18H,8-10H2,1H3. The lowest BCUT2D eigenvalue weighted by molar-refractivity contribution is 0.0606. The minimum Gasteiger partial charge on any atom is -0.465 e. The molecule has 3 rings (SSSR count). The Morgan fingerprint density at radius 2 is 2.12 bits per heavy atom. The predicted molar refractivity (Wildman–Crippen MR) is 91.7 cm³/mol. The number of hydrogen-bond donors (Lipinski definition) is 2. The van der Waals surface area contributed by atoms with Gasteiger partial charge in [0, 0.05) is 12.6 Å². The lowest BCUT2D eigenvalue weighted by Gasteiger charge is -2.27. The molecule has 128 valence electrons. The fraction of sp³-hybridized carbons (Fsp3) is 0.312. The number of carbonyl (C=O) groups is 1. The van der Waals surface area contributed by atoms with Crippen LogP contribution in [0.3, 0.4) is 0 Å². The lowest BCUT2D eigenvalue weighted by Crippen LogP contribution is -2.38. The molecule has 1 aliphatic rings. The highest BCUT2D eigenvalue weighted by Crippen LogP contribution is 2.24. The van der Waals surface area contributed by atoms with Crippen molar-refractivity contribution in [3.63, 3.8) is 0 Å². The summed E-state index contributed by atoms with van der Waals surface area (Å²) in [5, 5.41) is 3.33. The Kier molecular flexibility index (Phi) is 5.00. The van der Waals surface area contributed by atoms with E-state index in [1.165, 1.54) is 24.8 Å². The van der Waals surface area contributed by atoms with Crippen molar-refractivity contribution in [2.24, 2.45) is 0 Å². The highest BCUT2D eigenvalue weighted by atomic mass is 32.2. The Bertz CT molecular complexity index is 845. The maximum atomic E-state index is 12.4. The number of rotatable bonds is 5. The highest BCUT2D eigenvalue weighted by molar-refractivity contribution is 7.91. The third kappa shape index (κ3) is 3.51. The Morgan fingerprint density at radius 1 is 1.33 bits per heavy atom. The summed E-state index contributed by atoms with van der Waals surface area (Å²) < 4.78 is 32.2. The molecule has 2 heterocycles. The van der Waals surface area contributed by atoms with Crippen molar-refractivity contribution < 1.29 is 17.9 Å². The molecule has 0 aliphatic carbocycles. The van der Waals surface area contributed by atoms with Crippen LogP contribution < -0.4 is 10.0 Å². The van der Waals surface area contributed by atoms with Crippen molar-refractivity contribution in [1.29, 1.82) is 0 Å². The molecule has 8 heteroatoms. The second kappa shape index (κ2) is 7.02. The van der Waals surface area contributed by atoms with Gasteiger partial charge in [-0.15, -0.1) is 11.3 Å². The van der Waals surface area contributed by atoms with Crippen LogP contribution in [-0.4, -0.2) is 34.6 Å². The van der Waals surface area contributed by atoms with Crippen molar-refractivity contribution in [2.75, 3.05) is 20.2 Å². The third-order valence-corrected chi connectivity index (χ3v) is 6.91. The number of benzene rings is 1. The molecule has 1 atom stereocenters. The monoisotopic (exact) mass is 366 g/mol. The zero-order chi connectivity index (χ0) is 17.2. The smallest absolute Gasteiger partial charge is 0.348 e. The Labute approximate surface area is 144 Å². The Morgan fingerprint density at radius 3 is 2.92 bits per heavy atom. The van der Waals surface area contributed by atoms with E-state index in [9.17, 15) is 13.2 Å². The SMILES string of the molecule is COC(=O)c1ccc(S(=O)(=O)NCC2NCCc3ccccc32)s1. The second-order valence-corrected chi connectivity index (χ2v) is 8.50. The van der Waals surface area contributed by atoms with Crippen LogP contribution in [0.15, 0.2) is 40.6 Å². The number of sulfonamides is 1. The van der Waals surface area contributed by atoms with E-state index in [1.54, 1.807) is 0 Å². The molecule has 0 saturated heterocycles. The third-order valence-electron chi connectivity index (χ3n) is 3.93. The molecule has 0 spiro atoms. The van der Waals surface area contributed by atoms with E-state index in [4.69, 9.17) is 0 Å². The van der Waals surface area contributed by atoms with Gasteiger partial charge in [0.15, 0.2) is 0 Å². The van der Waals surface area contributed by atoms with Gasteiger partial charge in [0.1, 0.15) is 9.09 Å². The molecular formula is C16H18N2O4S2. The maximum Gasteiger partial charge on any atom is 0.348 e. The molecule has 1 aromatic carbocycles. The van der Waals surface area contributed by atoms with Crippen molar-refractivity contribution in [2.45, 2.75) is 16.7 Å². The van der Waals surface area contributed by atoms with Crippen LogP contribution in [0.1, 0.15) is 26.8 Å². The molecule has 1 aliphatic heterocycles. The maximum absolute atomic E-state index is 12.4. The van der Waals surface area contributed by atoms with Gasteiger partial charge < -0.3 is 10.1 Å². The summed E-state index contributed by atoms with van der Waals surface area (Å²) in [5.41, 5.74) is 2.36. The Hall–Kier alpha value is -1.74. The molecule has 24 heavy (non-hydrogen) atoms. The summed E-state index contributed by atoms with van der Waals surface area (Å²) in [5.74, 6) is -0.538. The molecule has 0 bridgehead atoms. The number of thiophene rings is 1. The molecule has 0 amide bonds. The molecule has 2 aromatic rings. The van der Waals surface area contributed by atoms with Gasteiger partial charge in [-0.25, -0.2) is 17.9 Å². The van der Waals surface area contributed by atoms with Gasteiger partial charge >= 0.3 is 5.97 Å². The summed E-state index contributed by atoms with van der Waals surface area (Å²) in [6.45, 7) is 1.07. The van der Waals surface area contributed by atoms with Crippen LogP contribution in [-0.2, 0) is 21.2 Å². The first-order valence-corrected chi connectivity index (χ1v) is 9.80. The number of esters is 1. The van der Waals surface area contributed by atoms with Crippen LogP contribution in [0.25, 0.3) is 0 Å². The van der Waals surface area contributed by atoms with Gasteiger partial charge in [-0.05, 0) is 36.2 Å². The van der Waals surface area contributed by atoms with Gasteiger partial charge in [-0.1, -0.05) is 24.3 Å². The first kappa shape index (κ1) is 17.1. The number of hydrogen-bond acceptors (Lipinski definition) is 6. The van der Waals surface area contributed by atoms with E-state index in [-0.39, 0.29) is 21.7 Å². The average molecular weight is 366 g/mol. The number of ether oxygens (including phenoxy) is 1. The highest BCUT2D eigenvalue weighted by Gasteiger charge is 2.24. The topological polar surface area (TPSA) is 84.5 Å². The molecule has 0 radical (unpaired) electrons. The summed E-state index contributed by atoms with van der Waals surface area (Å²) in [6, 6.07) is 10.8. The number of methoxy groups -OCH3 is 1. The molecule has 6 nitrogen and oxygen atoms in total. The van der Waals surface area contributed by atoms with Gasteiger partial charge in [-0.3, -0.25) is 0 Å². The average Bonchev–Trinajstić information content (AvgIpc) is 3.10. The first-order valence-electron chi connectivity index (χ1n) is 7.50. The molecule has 1 aromatic heterocycles. The fourth-order valence-electron chi connectivity index (χ4n) is 2.71. The van der Waals surface area contributed by atoms with Crippen LogP contribution in [0.2, 0.25) is 0 Å². The van der Waals surface area contributed by atoms with Gasteiger partial charge in [0.25, 0.3) is 0 Å². The van der Waals surface area contributed by atoms with Crippen LogP contribution in [0, 0.1) is 0 Å². The van der Waals surface area contributed by atoms with Gasteiger partial charge in [0.2, 0.25) is 10.0 Å². The minimum atomic E-state index is -3.66. The normalized spacial score (nSPS) is 17.3. The lowest BCUT2D eigenvalue weighted by atomic mass is 9.95. The van der Waals surface area contributed by atoms with E-state index >= 15 is 0 Å². The summed E-state index contributed by atoms with van der Waals surface area (Å²) in [4.78, 5) is 11.7. The predicted octanol–water partition coefficient (Wildman–Crippen LogP) is 1.70. The van der Waals surface area contributed by atoms with Crippen molar-refractivity contribution in [3.8, 4) is 0 Å². The van der Waals surface area contributed by atoms with E-state index in [1.807, 2.05) is 18.2 Å². The Balaban J connectivity index is 1.72. The molecule has 0 fully saturated rings. The van der Waals surface area contributed by atoms with E-state index in [0.29, 0.717) is 0 Å². The quantitative estimate of drug-likeness (QED) is 0.787. The molecule has 2 N–H and O–H groups in total. The summed E-state index contributed by atoms with van der Waals surface area (Å²) in [7, 11) is -2.40. The number of nitrogens with one attached hydrogen (secondary N) is 2. The van der Waals surface area contributed by atoms with E-state index < -0.39 is 16.0 Å². The number of carbonyl (C=O) groups excluding carboxylic acids is 1. The van der Waals surface area contributed by atoms with Crippen LogP contribution in [0.5, 0.6) is 0 Å². The van der Waals surface area contributed by atoms with E-state index in [0.717, 1.165) is 29.9 Å².